The van der Waals surface area contributed by atoms with Gasteiger partial charge in [0.1, 0.15) is 6.04 Å². The van der Waals surface area contributed by atoms with Crippen LogP contribution in [-0.4, -0.2) is 38.5 Å². The Balaban J connectivity index is 2.80. The van der Waals surface area contributed by atoms with Crippen LogP contribution in [0.25, 0.3) is 0 Å². The number of carbonyl (C=O) groups is 2. The summed E-state index contributed by atoms with van der Waals surface area (Å²) in [5.74, 6) is -1.68. The highest BCUT2D eigenvalue weighted by Crippen LogP contribution is 2.10. The summed E-state index contributed by atoms with van der Waals surface area (Å²) < 4.78 is 26.1. The van der Waals surface area contributed by atoms with E-state index in [2.05, 4.69) is 10.0 Å². The van der Waals surface area contributed by atoms with E-state index < -0.39 is 22.0 Å². The lowest BCUT2D eigenvalue weighted by Gasteiger charge is -2.14. The molecule has 0 spiro atoms. The predicted molar refractivity (Wildman–Crippen MR) is 71.5 cm³/mol. The van der Waals surface area contributed by atoms with Gasteiger partial charge in [0.05, 0.1) is 4.90 Å². The van der Waals surface area contributed by atoms with Crippen molar-refractivity contribution in [2.75, 3.05) is 7.05 Å². The van der Waals surface area contributed by atoms with Crippen molar-refractivity contribution in [1.82, 2.24) is 10.0 Å². The van der Waals surface area contributed by atoms with Gasteiger partial charge in [-0.2, -0.15) is 4.72 Å². The maximum atomic E-state index is 12.0. The van der Waals surface area contributed by atoms with Gasteiger partial charge in [0.25, 0.3) is 0 Å². The Hall–Kier alpha value is -1.93. The summed E-state index contributed by atoms with van der Waals surface area (Å²) in [5, 5.41) is 11.4. The van der Waals surface area contributed by atoms with E-state index in [0.717, 1.165) is 0 Å². The SMILES string of the molecule is CNC(=O)CCC(NS(=O)(=O)c1ccccc1)C(=O)O. The molecule has 7 nitrogen and oxygen atoms in total. The molecule has 0 heterocycles. The van der Waals surface area contributed by atoms with Crippen LogP contribution in [0.15, 0.2) is 35.2 Å². The van der Waals surface area contributed by atoms with E-state index in [1.54, 1.807) is 6.07 Å². The molecular formula is C12H16N2O5S. The van der Waals surface area contributed by atoms with Crippen LogP contribution in [-0.2, 0) is 19.6 Å². The number of carboxylic acids is 1. The van der Waals surface area contributed by atoms with Gasteiger partial charge in [-0.15, -0.1) is 0 Å². The topological polar surface area (TPSA) is 113 Å². The summed E-state index contributed by atoms with van der Waals surface area (Å²) in [6, 6.07) is 6.10. The van der Waals surface area contributed by atoms with E-state index >= 15 is 0 Å². The summed E-state index contributed by atoms with van der Waals surface area (Å²) in [7, 11) is -2.50. The lowest BCUT2D eigenvalue weighted by atomic mass is 10.1. The first-order valence-corrected chi connectivity index (χ1v) is 7.36. The maximum absolute atomic E-state index is 12.0. The third-order valence-corrected chi connectivity index (χ3v) is 4.08. The van der Waals surface area contributed by atoms with Gasteiger partial charge in [-0.05, 0) is 18.6 Å². The normalized spacial score (nSPS) is 12.7. The van der Waals surface area contributed by atoms with E-state index in [-0.39, 0.29) is 23.6 Å². The molecule has 20 heavy (non-hydrogen) atoms. The molecule has 8 heteroatoms. The Morgan fingerprint density at radius 3 is 2.35 bits per heavy atom. The fourth-order valence-corrected chi connectivity index (χ4v) is 2.73. The summed E-state index contributed by atoms with van der Waals surface area (Å²) in [6.45, 7) is 0. The third kappa shape index (κ3) is 4.63. The number of aliphatic carboxylic acids is 1. The van der Waals surface area contributed by atoms with Crippen molar-refractivity contribution in [2.45, 2.75) is 23.8 Å². The summed E-state index contributed by atoms with van der Waals surface area (Å²) >= 11 is 0. The number of sulfonamides is 1. The van der Waals surface area contributed by atoms with Gasteiger partial charge in [-0.1, -0.05) is 18.2 Å². The lowest BCUT2D eigenvalue weighted by Crippen LogP contribution is -2.41. The minimum atomic E-state index is -3.92. The molecule has 1 rings (SSSR count). The van der Waals surface area contributed by atoms with Crippen molar-refractivity contribution in [3.05, 3.63) is 30.3 Å². The van der Waals surface area contributed by atoms with Crippen molar-refractivity contribution >= 4 is 21.9 Å². The molecule has 3 N–H and O–H groups in total. The minimum Gasteiger partial charge on any atom is -0.480 e. The van der Waals surface area contributed by atoms with Gasteiger partial charge in [-0.3, -0.25) is 9.59 Å². The van der Waals surface area contributed by atoms with Crippen LogP contribution < -0.4 is 10.0 Å². The van der Waals surface area contributed by atoms with E-state index in [0.29, 0.717) is 0 Å². The molecule has 1 amide bonds. The maximum Gasteiger partial charge on any atom is 0.321 e. The van der Waals surface area contributed by atoms with Gasteiger partial charge in [-0.25, -0.2) is 8.42 Å². The number of benzene rings is 1. The highest BCUT2D eigenvalue weighted by Gasteiger charge is 2.25. The molecule has 1 aromatic carbocycles. The van der Waals surface area contributed by atoms with Crippen molar-refractivity contribution in [1.29, 1.82) is 0 Å². The lowest BCUT2D eigenvalue weighted by molar-refractivity contribution is -0.139. The first-order chi connectivity index (χ1) is 9.36. The van der Waals surface area contributed by atoms with Crippen LogP contribution in [0.2, 0.25) is 0 Å². The fraction of sp³-hybridized carbons (Fsp3) is 0.333. The quantitative estimate of drug-likeness (QED) is 0.653. The molecule has 0 bridgehead atoms. The second-order valence-electron chi connectivity index (χ2n) is 4.04. The Morgan fingerprint density at radius 2 is 1.85 bits per heavy atom. The average Bonchev–Trinajstić information content (AvgIpc) is 2.43. The van der Waals surface area contributed by atoms with Crippen LogP contribution in [0.5, 0.6) is 0 Å². The summed E-state index contributed by atoms with van der Waals surface area (Å²) in [5.41, 5.74) is 0. The molecule has 0 fully saturated rings. The number of hydrogen-bond donors (Lipinski definition) is 3. The van der Waals surface area contributed by atoms with Gasteiger partial charge in [0.2, 0.25) is 15.9 Å². The Bertz CT molecular complexity index is 571. The molecule has 0 aliphatic rings. The van der Waals surface area contributed by atoms with Crippen molar-refractivity contribution < 1.29 is 23.1 Å². The number of amides is 1. The number of nitrogens with one attached hydrogen (secondary N) is 2. The monoisotopic (exact) mass is 300 g/mol. The molecule has 0 saturated carbocycles. The zero-order valence-electron chi connectivity index (χ0n) is 10.9. The van der Waals surface area contributed by atoms with Crippen LogP contribution in [0.1, 0.15) is 12.8 Å². The molecule has 1 aromatic rings. The number of rotatable bonds is 7. The van der Waals surface area contributed by atoms with E-state index in [1.165, 1.54) is 31.3 Å². The standard InChI is InChI=1S/C12H16N2O5S/c1-13-11(15)8-7-10(12(16)17)14-20(18,19)9-5-3-2-4-6-9/h2-6,10,14H,7-8H2,1H3,(H,13,15)(H,16,17). The molecule has 0 aromatic heterocycles. The van der Waals surface area contributed by atoms with Crippen LogP contribution >= 0.6 is 0 Å². The highest BCUT2D eigenvalue weighted by atomic mass is 32.2. The third-order valence-electron chi connectivity index (χ3n) is 2.59. The molecule has 0 aliphatic carbocycles. The van der Waals surface area contributed by atoms with Crippen LogP contribution in [0, 0.1) is 0 Å². The Kier molecular flexibility index (Phi) is 5.66. The van der Waals surface area contributed by atoms with Crippen molar-refractivity contribution in [3.8, 4) is 0 Å². The fourth-order valence-electron chi connectivity index (χ4n) is 1.49. The molecule has 1 atom stereocenters. The smallest absolute Gasteiger partial charge is 0.321 e. The first-order valence-electron chi connectivity index (χ1n) is 5.87. The highest BCUT2D eigenvalue weighted by molar-refractivity contribution is 7.89. The van der Waals surface area contributed by atoms with Gasteiger partial charge in [0.15, 0.2) is 0 Å². The molecule has 0 radical (unpaired) electrons. The molecule has 1 unspecified atom stereocenters. The second kappa shape index (κ2) is 7.01. The van der Waals surface area contributed by atoms with Crippen LogP contribution in [0.4, 0.5) is 0 Å². The van der Waals surface area contributed by atoms with Crippen molar-refractivity contribution in [3.63, 3.8) is 0 Å². The van der Waals surface area contributed by atoms with Gasteiger partial charge < -0.3 is 10.4 Å². The molecular weight excluding hydrogens is 284 g/mol. The van der Waals surface area contributed by atoms with E-state index in [1.807, 2.05) is 0 Å². The predicted octanol–water partition coefficient (Wildman–Crippen LogP) is -0.0557. The van der Waals surface area contributed by atoms with Crippen molar-refractivity contribution in [2.24, 2.45) is 0 Å². The Labute approximate surface area is 117 Å². The Morgan fingerprint density at radius 1 is 1.25 bits per heavy atom. The largest absolute Gasteiger partial charge is 0.480 e. The van der Waals surface area contributed by atoms with Gasteiger partial charge in [0, 0.05) is 13.5 Å². The molecule has 0 saturated heterocycles. The molecule has 0 aliphatic heterocycles. The zero-order valence-corrected chi connectivity index (χ0v) is 11.7. The average molecular weight is 300 g/mol. The minimum absolute atomic E-state index is 0.0220. The second-order valence-corrected chi connectivity index (χ2v) is 5.75. The summed E-state index contributed by atoms with van der Waals surface area (Å²) in [6.07, 6.45) is -0.203. The first kappa shape index (κ1) is 16.1. The molecule has 110 valence electrons. The van der Waals surface area contributed by atoms with Crippen LogP contribution in [0.3, 0.4) is 0 Å². The zero-order chi connectivity index (χ0) is 15.2. The van der Waals surface area contributed by atoms with Gasteiger partial charge >= 0.3 is 5.97 Å². The number of carboxylic acid groups (broad SMARTS) is 1. The number of carbonyl (C=O) groups excluding carboxylic acids is 1. The van der Waals surface area contributed by atoms with E-state index in [4.69, 9.17) is 5.11 Å². The summed E-state index contributed by atoms with van der Waals surface area (Å²) in [4.78, 5) is 22.1. The number of hydrogen-bond acceptors (Lipinski definition) is 4. The van der Waals surface area contributed by atoms with E-state index in [9.17, 15) is 18.0 Å².